The van der Waals surface area contributed by atoms with Crippen LogP contribution in [-0.2, 0) is 42.1 Å². The molecule has 0 fully saturated rings. The number of rotatable bonds is 9. The summed E-state index contributed by atoms with van der Waals surface area (Å²) in [5.41, 5.74) is 7.06. The molecule has 0 radical (unpaired) electrons. The number of aromatic nitrogens is 6. The molecular formula is C43H32N6O2Pt2. The van der Waals surface area contributed by atoms with E-state index in [0.717, 1.165) is 55.4 Å². The Morgan fingerprint density at radius 1 is 0.528 bits per heavy atom. The molecule has 8 rings (SSSR count). The average molecular weight is 1050 g/mol. The van der Waals surface area contributed by atoms with E-state index in [1.165, 1.54) is 12.7 Å². The van der Waals surface area contributed by atoms with Crippen molar-refractivity contribution in [1.82, 2.24) is 29.5 Å². The zero-order chi connectivity index (χ0) is 34.9. The molecule has 4 aromatic heterocycles. The first-order valence-electron chi connectivity index (χ1n) is 16.8. The van der Waals surface area contributed by atoms with Gasteiger partial charge in [0.1, 0.15) is 12.7 Å². The zero-order valence-electron chi connectivity index (χ0n) is 29.2. The first-order valence-corrected chi connectivity index (χ1v) is 16.8. The predicted molar refractivity (Wildman–Crippen MR) is 197 cm³/mol. The second-order valence-electron chi connectivity index (χ2n) is 12.8. The summed E-state index contributed by atoms with van der Waals surface area (Å²) in [6.45, 7) is 8.61. The van der Waals surface area contributed by atoms with E-state index in [2.05, 4.69) is 89.0 Å². The predicted octanol–water partition coefficient (Wildman–Crippen LogP) is 10.1. The van der Waals surface area contributed by atoms with Gasteiger partial charge < -0.3 is 24.0 Å². The van der Waals surface area contributed by atoms with Crippen LogP contribution in [0.1, 0.15) is 50.7 Å². The molecule has 8 aromatic rings. The van der Waals surface area contributed by atoms with Crippen LogP contribution in [0.4, 0.5) is 0 Å². The van der Waals surface area contributed by atoms with Gasteiger partial charge in [-0.25, -0.2) is 15.0 Å². The summed E-state index contributed by atoms with van der Waals surface area (Å²) in [5, 5.41) is 1.86. The van der Waals surface area contributed by atoms with Crippen LogP contribution in [0.5, 0.6) is 23.0 Å². The van der Waals surface area contributed by atoms with Crippen molar-refractivity contribution >= 4 is 21.8 Å². The smallest absolute Gasteiger partial charge is 0.503 e. The molecule has 0 unspecified atom stereocenters. The molecular weight excluding hydrogens is 1020 g/mol. The maximum Gasteiger partial charge on any atom is 2.00 e. The normalized spacial score (nSPS) is 11.1. The molecule has 0 saturated heterocycles. The number of hydrogen-bond donors (Lipinski definition) is 0. The Morgan fingerprint density at radius 2 is 1.00 bits per heavy atom. The van der Waals surface area contributed by atoms with Crippen molar-refractivity contribution in [3.8, 4) is 51.5 Å². The van der Waals surface area contributed by atoms with E-state index >= 15 is 0 Å². The minimum Gasteiger partial charge on any atom is -0.503 e. The molecule has 0 spiro atoms. The Balaban J connectivity index is 0.00000240. The van der Waals surface area contributed by atoms with Gasteiger partial charge in [0.05, 0.1) is 0 Å². The summed E-state index contributed by atoms with van der Waals surface area (Å²) >= 11 is 0. The topological polar surface area (TPSA) is 87.8 Å². The van der Waals surface area contributed by atoms with Gasteiger partial charge in [-0.05, 0) is 35.4 Å². The third-order valence-corrected chi connectivity index (χ3v) is 8.60. The second kappa shape index (κ2) is 16.3. The van der Waals surface area contributed by atoms with E-state index < -0.39 is 0 Å². The molecule has 4 heterocycles. The van der Waals surface area contributed by atoms with Crippen molar-refractivity contribution in [3.63, 3.8) is 0 Å². The molecule has 0 bridgehead atoms. The summed E-state index contributed by atoms with van der Waals surface area (Å²) in [7, 11) is 0. The minimum absolute atomic E-state index is 0. The van der Waals surface area contributed by atoms with Gasteiger partial charge in [-0.15, -0.1) is 58.7 Å². The van der Waals surface area contributed by atoms with Crippen LogP contribution in [0.3, 0.4) is 0 Å². The third-order valence-electron chi connectivity index (χ3n) is 8.60. The molecule has 0 aliphatic rings. The second-order valence-corrected chi connectivity index (χ2v) is 12.8. The number of hydrogen-bond acceptors (Lipinski definition) is 7. The summed E-state index contributed by atoms with van der Waals surface area (Å²) in [5.74, 6) is 3.16. The van der Waals surface area contributed by atoms with E-state index in [9.17, 15) is 0 Å². The van der Waals surface area contributed by atoms with Crippen LogP contribution in [-0.4, -0.2) is 29.5 Å². The first kappa shape index (κ1) is 37.7. The van der Waals surface area contributed by atoms with E-state index in [1.807, 2.05) is 77.4 Å². The van der Waals surface area contributed by atoms with Crippen molar-refractivity contribution < 1.29 is 51.6 Å². The maximum absolute atomic E-state index is 6.46. The fourth-order valence-corrected chi connectivity index (χ4v) is 5.96. The Bertz CT molecular complexity index is 2340. The van der Waals surface area contributed by atoms with Gasteiger partial charge in [0.15, 0.2) is 0 Å². The summed E-state index contributed by atoms with van der Waals surface area (Å²) < 4.78 is 14.8. The molecule has 0 amide bonds. The van der Waals surface area contributed by atoms with Gasteiger partial charge >= 0.3 is 42.1 Å². The van der Waals surface area contributed by atoms with Crippen molar-refractivity contribution in [1.29, 1.82) is 0 Å². The molecule has 4 aromatic carbocycles. The Hall–Kier alpha value is -5.03. The number of ether oxygens (including phenoxy) is 2. The van der Waals surface area contributed by atoms with Gasteiger partial charge in [-0.2, -0.15) is 22.9 Å². The van der Waals surface area contributed by atoms with Crippen molar-refractivity contribution in [2.45, 2.75) is 39.5 Å². The number of benzene rings is 4. The monoisotopic (exact) mass is 1050 g/mol. The molecule has 10 heteroatoms. The van der Waals surface area contributed by atoms with Crippen LogP contribution in [0.25, 0.3) is 50.3 Å². The molecule has 0 saturated carbocycles. The quantitative estimate of drug-likeness (QED) is 0.133. The minimum atomic E-state index is 0. The van der Waals surface area contributed by atoms with Gasteiger partial charge in [0.2, 0.25) is 5.95 Å². The molecule has 266 valence electrons. The Kier molecular flexibility index (Phi) is 11.6. The maximum atomic E-state index is 6.46. The number of nitrogens with zero attached hydrogens (tertiary/aromatic N) is 6. The van der Waals surface area contributed by atoms with Crippen LogP contribution in [0.15, 0.2) is 110 Å². The number of fused-ring (bicyclic) bond motifs is 3. The fourth-order valence-electron chi connectivity index (χ4n) is 5.96. The number of pyridine rings is 2. The van der Waals surface area contributed by atoms with Crippen LogP contribution >= 0.6 is 0 Å². The van der Waals surface area contributed by atoms with E-state index in [0.29, 0.717) is 28.9 Å². The van der Waals surface area contributed by atoms with Gasteiger partial charge in [0, 0.05) is 35.4 Å². The third kappa shape index (κ3) is 8.00. The molecule has 0 aliphatic heterocycles. The van der Waals surface area contributed by atoms with Crippen LogP contribution in [0.2, 0.25) is 0 Å². The largest absolute Gasteiger partial charge is 2.00 e. The van der Waals surface area contributed by atoms with Crippen LogP contribution < -0.4 is 9.47 Å². The molecule has 0 N–H and O–H groups in total. The van der Waals surface area contributed by atoms with E-state index in [-0.39, 0.29) is 54.0 Å². The summed E-state index contributed by atoms with van der Waals surface area (Å²) in [6.07, 6.45) is 6.50. The first-order chi connectivity index (χ1) is 24.9. The molecule has 0 atom stereocenters. The molecule has 8 nitrogen and oxygen atoms in total. The molecule has 0 aliphatic carbocycles. The van der Waals surface area contributed by atoms with Crippen molar-refractivity contribution in [2.24, 2.45) is 0 Å². The molecule has 53 heavy (non-hydrogen) atoms. The fraction of sp³-hybridized carbons (Fsp3) is 0.140. The van der Waals surface area contributed by atoms with Crippen molar-refractivity contribution in [3.05, 3.63) is 145 Å². The van der Waals surface area contributed by atoms with E-state index in [1.54, 1.807) is 12.4 Å². The summed E-state index contributed by atoms with van der Waals surface area (Å²) in [6, 6.07) is 41.5. The Morgan fingerprint density at radius 3 is 1.42 bits per heavy atom. The van der Waals surface area contributed by atoms with Gasteiger partial charge in [-0.3, -0.25) is 0 Å². The zero-order valence-corrected chi connectivity index (χ0v) is 33.7. The SMILES string of the molecule is CC(C)c1cc(Oc2[c-]c3c(cc2)c2ccc(Oc4[c-]c(-c5ccccn5)cc(C(C)C)c4)[c-]c2n3-c2ncncn2)[c-]c(-c2ccccn2)c1.[Pt+2].[Pt+2]. The van der Waals surface area contributed by atoms with Crippen molar-refractivity contribution in [2.75, 3.05) is 0 Å². The van der Waals surface area contributed by atoms with Gasteiger partial charge in [0.25, 0.3) is 0 Å². The Labute approximate surface area is 337 Å². The summed E-state index contributed by atoms with van der Waals surface area (Å²) in [4.78, 5) is 22.1. The standard InChI is InChI=1S/C43H32N6O2.2Pt/c1-27(2)29-17-31(39-9-5-7-15-45-39)21-35(19-29)50-33-11-13-37-38-14-12-34(24-42(38)49(41(37)23-33)43-47-25-44-26-48-43)51-36-20-30(28(3)4)18-32(22-36)40-10-6-8-16-46-40;;/h5-20,25-28H,1-4H3;;/q-4;2*+2. The van der Waals surface area contributed by atoms with Crippen LogP contribution in [0, 0.1) is 24.3 Å². The van der Waals surface area contributed by atoms with Gasteiger partial charge in [-0.1, -0.05) is 87.3 Å². The van der Waals surface area contributed by atoms with E-state index in [4.69, 9.17) is 9.47 Å². The average Bonchev–Trinajstić information content (AvgIpc) is 3.48.